The van der Waals surface area contributed by atoms with Gasteiger partial charge in [-0.2, -0.15) is 0 Å². The van der Waals surface area contributed by atoms with Crippen LogP contribution in [0.15, 0.2) is 29.2 Å². The Morgan fingerprint density at radius 3 is 2.75 bits per heavy atom. The van der Waals surface area contributed by atoms with Crippen molar-refractivity contribution in [1.82, 2.24) is 9.97 Å². The van der Waals surface area contributed by atoms with E-state index in [1.54, 1.807) is 12.3 Å². The summed E-state index contributed by atoms with van der Waals surface area (Å²) in [4.78, 5) is 20.7. The zero-order valence-electron chi connectivity index (χ0n) is 11.2. The molecule has 0 atom stereocenters. The number of rotatable bonds is 2. The van der Waals surface area contributed by atoms with Crippen LogP contribution in [-0.4, -0.2) is 29.6 Å². The zero-order chi connectivity index (χ0) is 13.2. The predicted octanol–water partition coefficient (Wildman–Crippen LogP) is 1.52. The summed E-state index contributed by atoms with van der Waals surface area (Å²) in [6, 6.07) is 5.43. The molecule has 0 saturated carbocycles. The molecule has 1 saturated heterocycles. The van der Waals surface area contributed by atoms with Crippen molar-refractivity contribution >= 4 is 29.1 Å². The van der Waals surface area contributed by atoms with Gasteiger partial charge in [-0.1, -0.05) is 0 Å². The van der Waals surface area contributed by atoms with Gasteiger partial charge in [-0.3, -0.25) is 4.79 Å². The smallest absolute Gasteiger partial charge is 0.249 e. The monoisotopic (exact) mass is 294 g/mol. The first kappa shape index (κ1) is 14.8. The number of hydrogen-bond donors (Lipinski definition) is 2. The van der Waals surface area contributed by atoms with Crippen molar-refractivity contribution < 1.29 is 0 Å². The van der Waals surface area contributed by atoms with Gasteiger partial charge in [0.1, 0.15) is 5.65 Å². The van der Waals surface area contributed by atoms with Crippen molar-refractivity contribution in [2.75, 3.05) is 24.5 Å². The van der Waals surface area contributed by atoms with Crippen LogP contribution < -0.4 is 16.2 Å². The maximum absolute atomic E-state index is 11.3. The molecular weight excluding hydrogens is 276 g/mol. The van der Waals surface area contributed by atoms with Gasteiger partial charge in [-0.25, -0.2) is 4.98 Å². The Hall–Kier alpha value is -1.59. The number of aromatic amines is 1. The first-order valence-corrected chi connectivity index (χ1v) is 6.71. The number of fused-ring (bicyclic) bond motifs is 1. The molecule has 0 aliphatic carbocycles. The lowest BCUT2D eigenvalue weighted by molar-refractivity contribution is 0.415. The molecule has 1 aliphatic rings. The van der Waals surface area contributed by atoms with Crippen LogP contribution >= 0.6 is 12.4 Å². The second-order valence-electron chi connectivity index (χ2n) is 5.08. The number of hydrogen-bond acceptors (Lipinski definition) is 4. The minimum atomic E-state index is -0.112. The fourth-order valence-electron chi connectivity index (χ4n) is 2.73. The van der Waals surface area contributed by atoms with Gasteiger partial charge in [-0.05, 0) is 37.4 Å². The lowest BCUT2D eigenvalue weighted by Crippen LogP contribution is -2.36. The zero-order valence-corrected chi connectivity index (χ0v) is 12.0. The maximum Gasteiger partial charge on any atom is 0.249 e. The molecule has 1 aliphatic heterocycles. The largest absolute Gasteiger partial charge is 0.371 e. The normalized spacial score (nSPS) is 16.1. The highest BCUT2D eigenvalue weighted by molar-refractivity contribution is 5.89. The van der Waals surface area contributed by atoms with E-state index in [4.69, 9.17) is 5.73 Å². The van der Waals surface area contributed by atoms with Gasteiger partial charge in [0.2, 0.25) is 5.56 Å². The second kappa shape index (κ2) is 6.24. The molecule has 3 N–H and O–H groups in total. The maximum atomic E-state index is 11.3. The molecule has 2 aromatic rings. The minimum absolute atomic E-state index is 0. The van der Waals surface area contributed by atoms with Gasteiger partial charge < -0.3 is 15.6 Å². The van der Waals surface area contributed by atoms with Crippen molar-refractivity contribution in [3.8, 4) is 0 Å². The van der Waals surface area contributed by atoms with E-state index in [0.29, 0.717) is 11.6 Å². The lowest BCUT2D eigenvalue weighted by atomic mass is 9.96. The van der Waals surface area contributed by atoms with Crippen LogP contribution in [0.25, 0.3) is 11.0 Å². The molecule has 3 rings (SSSR count). The number of pyridine rings is 2. The highest BCUT2D eigenvalue weighted by atomic mass is 35.5. The van der Waals surface area contributed by atoms with E-state index in [9.17, 15) is 4.79 Å². The van der Waals surface area contributed by atoms with Gasteiger partial charge in [-0.15, -0.1) is 12.4 Å². The van der Waals surface area contributed by atoms with Crippen LogP contribution in [0.2, 0.25) is 0 Å². The average Bonchev–Trinajstić information content (AvgIpc) is 2.46. The lowest BCUT2D eigenvalue weighted by Gasteiger charge is -2.33. The Bertz CT molecular complexity index is 634. The fraction of sp³-hybridized carbons (Fsp3) is 0.429. The van der Waals surface area contributed by atoms with Crippen LogP contribution in [0.3, 0.4) is 0 Å². The average molecular weight is 295 g/mol. The summed E-state index contributed by atoms with van der Waals surface area (Å²) >= 11 is 0. The van der Waals surface area contributed by atoms with Crippen LogP contribution in [-0.2, 0) is 0 Å². The van der Waals surface area contributed by atoms with E-state index < -0.39 is 0 Å². The SMILES string of the molecule is Cl.NCC1CCN(c2ccnc3[nH]c(=O)ccc23)CC1. The van der Waals surface area contributed by atoms with E-state index in [0.717, 1.165) is 43.5 Å². The number of nitrogens with zero attached hydrogens (tertiary/aromatic N) is 2. The Kier molecular flexibility index (Phi) is 4.62. The van der Waals surface area contributed by atoms with Crippen LogP contribution in [0.4, 0.5) is 5.69 Å². The van der Waals surface area contributed by atoms with Crippen molar-refractivity contribution in [2.45, 2.75) is 12.8 Å². The molecule has 0 unspecified atom stereocenters. The molecule has 0 spiro atoms. The van der Waals surface area contributed by atoms with Gasteiger partial charge in [0.05, 0.1) is 0 Å². The third-order valence-corrected chi connectivity index (χ3v) is 3.90. The number of nitrogens with two attached hydrogens (primary N) is 1. The third kappa shape index (κ3) is 2.78. The second-order valence-corrected chi connectivity index (χ2v) is 5.08. The Morgan fingerprint density at radius 2 is 2.05 bits per heavy atom. The van der Waals surface area contributed by atoms with Crippen molar-refractivity contribution in [2.24, 2.45) is 11.7 Å². The molecule has 0 aromatic carbocycles. The highest BCUT2D eigenvalue weighted by Gasteiger charge is 2.19. The summed E-state index contributed by atoms with van der Waals surface area (Å²) in [5.74, 6) is 0.643. The first-order valence-electron chi connectivity index (χ1n) is 6.71. The molecule has 0 bridgehead atoms. The minimum Gasteiger partial charge on any atom is -0.371 e. The van der Waals surface area contributed by atoms with Gasteiger partial charge in [0, 0.05) is 36.4 Å². The van der Waals surface area contributed by atoms with Crippen molar-refractivity contribution in [1.29, 1.82) is 0 Å². The van der Waals surface area contributed by atoms with Crippen molar-refractivity contribution in [3.05, 3.63) is 34.7 Å². The first-order chi connectivity index (χ1) is 9.28. The van der Waals surface area contributed by atoms with E-state index in [-0.39, 0.29) is 18.0 Å². The Morgan fingerprint density at radius 1 is 1.30 bits per heavy atom. The van der Waals surface area contributed by atoms with E-state index >= 15 is 0 Å². The fourth-order valence-corrected chi connectivity index (χ4v) is 2.73. The van der Waals surface area contributed by atoms with Crippen LogP contribution in [0.5, 0.6) is 0 Å². The van der Waals surface area contributed by atoms with Crippen molar-refractivity contribution in [3.63, 3.8) is 0 Å². The Balaban J connectivity index is 0.00000147. The topological polar surface area (TPSA) is 75.0 Å². The molecule has 3 heterocycles. The summed E-state index contributed by atoms with van der Waals surface area (Å²) in [6.07, 6.45) is 4.01. The molecule has 2 aromatic heterocycles. The molecule has 6 heteroatoms. The third-order valence-electron chi connectivity index (χ3n) is 3.90. The predicted molar refractivity (Wildman–Crippen MR) is 83.6 cm³/mol. The molecule has 1 fully saturated rings. The summed E-state index contributed by atoms with van der Waals surface area (Å²) in [5.41, 5.74) is 7.42. The molecule has 108 valence electrons. The van der Waals surface area contributed by atoms with Gasteiger partial charge in [0.25, 0.3) is 0 Å². The summed E-state index contributed by atoms with van der Waals surface area (Å²) in [7, 11) is 0. The molecular formula is C14H19ClN4O. The molecule has 5 nitrogen and oxygen atoms in total. The number of anilines is 1. The van der Waals surface area contributed by atoms with Gasteiger partial charge in [0.15, 0.2) is 0 Å². The number of piperidine rings is 1. The van der Waals surface area contributed by atoms with Crippen LogP contribution in [0.1, 0.15) is 12.8 Å². The van der Waals surface area contributed by atoms with Gasteiger partial charge >= 0.3 is 0 Å². The number of H-pyrrole nitrogens is 1. The summed E-state index contributed by atoms with van der Waals surface area (Å²) in [5, 5.41) is 1.01. The number of halogens is 1. The number of nitrogens with one attached hydrogen (secondary N) is 1. The Labute approximate surface area is 123 Å². The molecule has 0 radical (unpaired) electrons. The molecule has 20 heavy (non-hydrogen) atoms. The summed E-state index contributed by atoms with van der Waals surface area (Å²) < 4.78 is 0. The van der Waals surface area contributed by atoms with E-state index in [1.165, 1.54) is 0 Å². The summed E-state index contributed by atoms with van der Waals surface area (Å²) in [6.45, 7) is 2.80. The van der Waals surface area contributed by atoms with Crippen LogP contribution in [0, 0.1) is 5.92 Å². The van der Waals surface area contributed by atoms with E-state index in [2.05, 4.69) is 14.9 Å². The number of aromatic nitrogens is 2. The van der Waals surface area contributed by atoms with E-state index in [1.807, 2.05) is 12.1 Å². The molecule has 0 amide bonds. The standard InChI is InChI=1S/C14H18N4O.ClH/c15-9-10-4-7-18(8-5-10)12-3-6-16-14-11(12)1-2-13(19)17-14;/h1-3,6,10H,4-5,7-9,15H2,(H,16,17,19);1H. The highest BCUT2D eigenvalue weighted by Crippen LogP contribution is 2.27. The quantitative estimate of drug-likeness (QED) is 0.880.